The van der Waals surface area contributed by atoms with Crippen LogP contribution in [0.25, 0.3) is 11.4 Å². The second kappa shape index (κ2) is 7.35. The van der Waals surface area contributed by atoms with Gasteiger partial charge in [0.25, 0.3) is 0 Å². The van der Waals surface area contributed by atoms with Crippen molar-refractivity contribution in [2.75, 3.05) is 20.1 Å². The zero-order chi connectivity index (χ0) is 13.9. The van der Waals surface area contributed by atoms with Crippen molar-refractivity contribution in [3.8, 4) is 11.4 Å². The molecule has 1 fully saturated rings. The first kappa shape index (κ1) is 16.4. The number of rotatable bonds is 4. The molecule has 1 aliphatic heterocycles. The van der Waals surface area contributed by atoms with Crippen LogP contribution in [0.1, 0.15) is 12.3 Å². The lowest BCUT2D eigenvalue weighted by atomic mass is 10.2. The summed E-state index contributed by atoms with van der Waals surface area (Å²) in [6, 6.07) is 8.46. The number of nitrogens with one attached hydrogen (secondary N) is 1. The van der Waals surface area contributed by atoms with Crippen molar-refractivity contribution in [3.05, 3.63) is 34.6 Å². The van der Waals surface area contributed by atoms with E-state index in [9.17, 15) is 0 Å². The van der Waals surface area contributed by atoms with E-state index in [0.717, 1.165) is 23.1 Å². The fourth-order valence-electron chi connectivity index (χ4n) is 2.42. The molecule has 0 radical (unpaired) electrons. The predicted molar refractivity (Wildman–Crippen MR) is 87.4 cm³/mol. The van der Waals surface area contributed by atoms with E-state index in [1.54, 1.807) is 0 Å². The average molecular weight is 374 g/mol. The third-order valence-corrected chi connectivity index (χ3v) is 4.09. The highest BCUT2D eigenvalue weighted by molar-refractivity contribution is 9.10. The summed E-state index contributed by atoms with van der Waals surface area (Å²) in [4.78, 5) is 6.73. The van der Waals surface area contributed by atoms with E-state index in [-0.39, 0.29) is 12.4 Å². The lowest BCUT2D eigenvalue weighted by Crippen LogP contribution is -2.32. The molecule has 1 saturated heterocycles. The van der Waals surface area contributed by atoms with Gasteiger partial charge in [0.2, 0.25) is 11.7 Å². The molecule has 7 heteroatoms. The van der Waals surface area contributed by atoms with E-state index >= 15 is 0 Å². The molecular formula is C14H18BrClN4O. The van der Waals surface area contributed by atoms with Crippen molar-refractivity contribution < 1.29 is 4.52 Å². The maximum absolute atomic E-state index is 5.35. The smallest absolute Gasteiger partial charge is 0.241 e. The van der Waals surface area contributed by atoms with Gasteiger partial charge in [-0.1, -0.05) is 33.2 Å². The minimum Gasteiger partial charge on any atom is -0.338 e. The van der Waals surface area contributed by atoms with Crippen molar-refractivity contribution in [2.45, 2.75) is 19.0 Å². The molecule has 0 amide bonds. The van der Waals surface area contributed by atoms with E-state index in [1.165, 1.54) is 6.42 Å². The van der Waals surface area contributed by atoms with E-state index in [0.29, 0.717) is 24.3 Å². The lowest BCUT2D eigenvalue weighted by Gasteiger charge is -2.21. The van der Waals surface area contributed by atoms with Crippen LogP contribution >= 0.6 is 28.3 Å². The zero-order valence-corrected chi connectivity index (χ0v) is 14.2. The first-order valence-electron chi connectivity index (χ1n) is 6.72. The summed E-state index contributed by atoms with van der Waals surface area (Å²) in [5.41, 5.74) is 0.958. The summed E-state index contributed by atoms with van der Waals surface area (Å²) < 4.78 is 6.36. The van der Waals surface area contributed by atoms with Crippen molar-refractivity contribution in [2.24, 2.45) is 0 Å². The number of benzene rings is 1. The van der Waals surface area contributed by atoms with E-state index < -0.39 is 0 Å². The van der Waals surface area contributed by atoms with Gasteiger partial charge in [0.15, 0.2) is 0 Å². The van der Waals surface area contributed by atoms with E-state index in [4.69, 9.17) is 4.52 Å². The van der Waals surface area contributed by atoms with Crippen LogP contribution in [0.15, 0.2) is 33.3 Å². The Morgan fingerprint density at radius 3 is 3.05 bits per heavy atom. The molecule has 114 valence electrons. The molecule has 1 unspecified atom stereocenters. The molecule has 5 nitrogen and oxygen atoms in total. The molecule has 1 aliphatic rings. The number of hydrogen-bond donors (Lipinski definition) is 1. The molecule has 1 aromatic heterocycles. The second-order valence-electron chi connectivity index (χ2n) is 5.08. The van der Waals surface area contributed by atoms with Gasteiger partial charge in [-0.15, -0.1) is 12.4 Å². The molecule has 21 heavy (non-hydrogen) atoms. The van der Waals surface area contributed by atoms with Gasteiger partial charge in [0.05, 0.1) is 6.54 Å². The molecule has 0 saturated carbocycles. The first-order valence-corrected chi connectivity index (χ1v) is 7.51. The Morgan fingerprint density at radius 1 is 1.48 bits per heavy atom. The standard InChI is InChI=1S/C14H17BrN4O.ClH/c1-19(12-5-6-16-8-12)9-13-17-14(18-20-13)10-3-2-4-11(15)7-10;/h2-4,7,12,16H,5-6,8-9H2,1H3;1H. The van der Waals surface area contributed by atoms with Crippen molar-refractivity contribution in [1.82, 2.24) is 20.4 Å². The highest BCUT2D eigenvalue weighted by atomic mass is 79.9. The van der Waals surface area contributed by atoms with Gasteiger partial charge in [-0.3, -0.25) is 4.90 Å². The molecular weight excluding hydrogens is 356 g/mol. The quantitative estimate of drug-likeness (QED) is 0.893. The zero-order valence-electron chi connectivity index (χ0n) is 11.8. The summed E-state index contributed by atoms with van der Waals surface area (Å²) >= 11 is 3.45. The Hall–Kier alpha value is -0.950. The van der Waals surface area contributed by atoms with Crippen LogP contribution in [0, 0.1) is 0 Å². The van der Waals surface area contributed by atoms with Crippen molar-refractivity contribution in [1.29, 1.82) is 0 Å². The second-order valence-corrected chi connectivity index (χ2v) is 6.00. The minimum atomic E-state index is 0. The molecule has 1 atom stereocenters. The number of halogens is 2. The molecule has 0 bridgehead atoms. The van der Waals surface area contributed by atoms with Crippen molar-refractivity contribution >= 4 is 28.3 Å². The molecule has 2 aromatic rings. The third kappa shape index (κ3) is 4.03. The van der Waals surface area contributed by atoms with Gasteiger partial charge in [-0.05, 0) is 32.1 Å². The minimum absolute atomic E-state index is 0. The van der Waals surface area contributed by atoms with Crippen LogP contribution < -0.4 is 5.32 Å². The number of nitrogens with zero attached hydrogens (tertiary/aromatic N) is 3. The maximum Gasteiger partial charge on any atom is 0.241 e. The van der Waals surface area contributed by atoms with Gasteiger partial charge in [0.1, 0.15) is 0 Å². The lowest BCUT2D eigenvalue weighted by molar-refractivity contribution is 0.214. The Bertz CT molecular complexity index is 586. The normalized spacial score (nSPS) is 18.0. The van der Waals surface area contributed by atoms with Crippen LogP contribution in [0.3, 0.4) is 0 Å². The summed E-state index contributed by atoms with van der Waals surface area (Å²) in [6.07, 6.45) is 1.17. The summed E-state index contributed by atoms with van der Waals surface area (Å²) in [5, 5.41) is 7.42. The number of likely N-dealkylation sites (N-methyl/N-ethyl adjacent to an activating group) is 1. The molecule has 2 heterocycles. The number of hydrogen-bond acceptors (Lipinski definition) is 5. The van der Waals surface area contributed by atoms with Crippen LogP contribution in [0.5, 0.6) is 0 Å². The van der Waals surface area contributed by atoms with E-state index in [1.807, 2.05) is 24.3 Å². The maximum atomic E-state index is 5.35. The Labute approximate surface area is 138 Å². The van der Waals surface area contributed by atoms with Gasteiger partial charge in [-0.2, -0.15) is 4.98 Å². The van der Waals surface area contributed by atoms with Crippen LogP contribution in [-0.4, -0.2) is 41.2 Å². The summed E-state index contributed by atoms with van der Waals surface area (Å²) in [5.74, 6) is 1.30. The predicted octanol–water partition coefficient (Wildman–Crippen LogP) is 2.71. The average Bonchev–Trinajstić information content (AvgIpc) is 3.10. The van der Waals surface area contributed by atoms with Crippen molar-refractivity contribution in [3.63, 3.8) is 0 Å². The topological polar surface area (TPSA) is 54.2 Å². The van der Waals surface area contributed by atoms with E-state index in [2.05, 4.69) is 43.3 Å². The van der Waals surface area contributed by atoms with Gasteiger partial charge < -0.3 is 9.84 Å². The first-order chi connectivity index (χ1) is 9.72. The molecule has 1 aromatic carbocycles. The SMILES string of the molecule is CN(Cc1nc(-c2cccc(Br)c2)no1)C1CCNC1.Cl. The van der Waals surface area contributed by atoms with Crippen LogP contribution in [0.4, 0.5) is 0 Å². The molecule has 0 aliphatic carbocycles. The van der Waals surface area contributed by atoms with Crippen LogP contribution in [-0.2, 0) is 6.54 Å². The van der Waals surface area contributed by atoms with Crippen LogP contribution in [0.2, 0.25) is 0 Å². The highest BCUT2D eigenvalue weighted by Gasteiger charge is 2.21. The fourth-order valence-corrected chi connectivity index (χ4v) is 2.82. The summed E-state index contributed by atoms with van der Waals surface area (Å²) in [7, 11) is 2.10. The fraction of sp³-hybridized carbons (Fsp3) is 0.429. The molecule has 0 spiro atoms. The summed E-state index contributed by atoms with van der Waals surface area (Å²) in [6.45, 7) is 2.80. The van der Waals surface area contributed by atoms with Gasteiger partial charge in [0, 0.05) is 22.6 Å². The van der Waals surface area contributed by atoms with Gasteiger partial charge >= 0.3 is 0 Å². The molecule has 1 N–H and O–H groups in total. The Kier molecular flexibility index (Phi) is 5.75. The monoisotopic (exact) mass is 372 g/mol. The Morgan fingerprint density at radius 2 is 2.33 bits per heavy atom. The Balaban J connectivity index is 0.00000161. The van der Waals surface area contributed by atoms with Gasteiger partial charge in [-0.25, -0.2) is 0 Å². The largest absolute Gasteiger partial charge is 0.338 e. The third-order valence-electron chi connectivity index (χ3n) is 3.59. The molecule has 3 rings (SSSR count). The highest BCUT2D eigenvalue weighted by Crippen LogP contribution is 2.21. The number of aromatic nitrogens is 2.